The lowest BCUT2D eigenvalue weighted by atomic mass is 10.1. The average Bonchev–Trinajstić information content (AvgIpc) is 2.16. The minimum atomic E-state index is -4.51. The van der Waals surface area contributed by atoms with Crippen molar-refractivity contribution in [1.29, 1.82) is 5.26 Å². The Kier molecular flexibility index (Phi) is 3.57. The van der Waals surface area contributed by atoms with Gasteiger partial charge in [-0.15, -0.1) is 0 Å². The van der Waals surface area contributed by atoms with Crippen molar-refractivity contribution >= 4 is 22.6 Å². The summed E-state index contributed by atoms with van der Waals surface area (Å²) < 4.78 is 37.4. The van der Waals surface area contributed by atoms with Crippen LogP contribution in [0.2, 0.25) is 0 Å². The van der Waals surface area contributed by atoms with E-state index >= 15 is 0 Å². The van der Waals surface area contributed by atoms with Gasteiger partial charge in [0.1, 0.15) is 0 Å². The predicted molar refractivity (Wildman–Crippen MR) is 54.8 cm³/mol. The third kappa shape index (κ3) is 2.60. The number of nitriles is 1. The summed E-state index contributed by atoms with van der Waals surface area (Å²) in [5.74, 6) is 0. The molecule has 80 valence electrons. The molecule has 0 spiro atoms. The van der Waals surface area contributed by atoms with Crippen molar-refractivity contribution in [2.24, 2.45) is 0 Å². The Hall–Kier alpha value is -0.810. The Labute approximate surface area is 97.5 Å². The highest BCUT2D eigenvalue weighted by Crippen LogP contribution is 2.35. The lowest BCUT2D eigenvalue weighted by Gasteiger charge is -2.12. The standard InChI is InChI=1S/C9H5F3INO/c10-9(11,12)7-2-5(3-14)1-6(4-15)8(7)13/h1-2,15H,4H2. The van der Waals surface area contributed by atoms with E-state index in [4.69, 9.17) is 10.4 Å². The van der Waals surface area contributed by atoms with E-state index in [0.29, 0.717) is 0 Å². The Morgan fingerprint density at radius 2 is 2.00 bits per heavy atom. The molecule has 2 nitrogen and oxygen atoms in total. The normalized spacial score (nSPS) is 11.2. The summed E-state index contributed by atoms with van der Waals surface area (Å²) in [6.07, 6.45) is -4.51. The lowest BCUT2D eigenvalue weighted by Crippen LogP contribution is -2.10. The summed E-state index contributed by atoms with van der Waals surface area (Å²) in [5.41, 5.74) is -0.875. The van der Waals surface area contributed by atoms with Crippen LogP contribution < -0.4 is 0 Å². The SMILES string of the molecule is N#Cc1cc(CO)c(I)c(C(F)(F)F)c1. The second-order valence-electron chi connectivity index (χ2n) is 2.76. The molecule has 1 rings (SSSR count). The van der Waals surface area contributed by atoms with Crippen LogP contribution in [0.5, 0.6) is 0 Å². The van der Waals surface area contributed by atoms with E-state index in [1.54, 1.807) is 6.07 Å². The zero-order chi connectivity index (χ0) is 11.6. The van der Waals surface area contributed by atoms with E-state index in [2.05, 4.69) is 0 Å². The first-order chi connectivity index (χ1) is 6.90. The van der Waals surface area contributed by atoms with Crippen LogP contribution in [0.1, 0.15) is 16.7 Å². The zero-order valence-electron chi connectivity index (χ0n) is 7.27. The minimum Gasteiger partial charge on any atom is -0.392 e. The summed E-state index contributed by atoms with van der Waals surface area (Å²) >= 11 is 1.51. The topological polar surface area (TPSA) is 44.0 Å². The van der Waals surface area contributed by atoms with Crippen molar-refractivity contribution in [3.05, 3.63) is 32.4 Å². The molecule has 0 amide bonds. The highest BCUT2D eigenvalue weighted by molar-refractivity contribution is 14.1. The van der Waals surface area contributed by atoms with Gasteiger partial charge in [0.25, 0.3) is 0 Å². The molecule has 0 unspecified atom stereocenters. The maximum atomic E-state index is 12.5. The van der Waals surface area contributed by atoms with Crippen LogP contribution in [-0.2, 0) is 12.8 Å². The third-order valence-corrected chi connectivity index (χ3v) is 3.03. The van der Waals surface area contributed by atoms with Crippen LogP contribution in [0.3, 0.4) is 0 Å². The van der Waals surface area contributed by atoms with Crippen LogP contribution in [0.25, 0.3) is 0 Å². The fraction of sp³-hybridized carbons (Fsp3) is 0.222. The average molecular weight is 327 g/mol. The van der Waals surface area contributed by atoms with Gasteiger partial charge in [-0.1, -0.05) is 0 Å². The Balaban J connectivity index is 3.46. The van der Waals surface area contributed by atoms with E-state index < -0.39 is 18.3 Å². The maximum absolute atomic E-state index is 12.5. The molecule has 0 aliphatic rings. The number of nitrogens with zero attached hydrogens (tertiary/aromatic N) is 1. The van der Waals surface area contributed by atoms with Gasteiger partial charge in [-0.2, -0.15) is 18.4 Å². The Morgan fingerprint density at radius 1 is 1.40 bits per heavy atom. The molecule has 0 aliphatic carbocycles. The van der Waals surface area contributed by atoms with Crippen molar-refractivity contribution in [3.8, 4) is 6.07 Å². The number of benzene rings is 1. The van der Waals surface area contributed by atoms with Gasteiger partial charge in [0.05, 0.1) is 23.8 Å². The summed E-state index contributed by atoms with van der Waals surface area (Å²) in [5, 5.41) is 17.4. The second kappa shape index (κ2) is 4.37. The summed E-state index contributed by atoms with van der Waals surface area (Å²) in [6, 6.07) is 3.65. The van der Waals surface area contributed by atoms with Gasteiger partial charge in [0.2, 0.25) is 0 Å². The number of aliphatic hydroxyl groups excluding tert-OH is 1. The van der Waals surface area contributed by atoms with Crippen molar-refractivity contribution in [1.82, 2.24) is 0 Å². The fourth-order valence-corrected chi connectivity index (χ4v) is 1.86. The van der Waals surface area contributed by atoms with Gasteiger partial charge in [-0.05, 0) is 40.3 Å². The van der Waals surface area contributed by atoms with E-state index in [0.717, 1.165) is 6.07 Å². The van der Waals surface area contributed by atoms with Gasteiger partial charge in [-0.25, -0.2) is 0 Å². The number of rotatable bonds is 1. The number of aliphatic hydroxyl groups is 1. The highest BCUT2D eigenvalue weighted by Gasteiger charge is 2.34. The van der Waals surface area contributed by atoms with Gasteiger partial charge in [0.15, 0.2) is 0 Å². The van der Waals surface area contributed by atoms with Crippen molar-refractivity contribution in [2.45, 2.75) is 12.8 Å². The van der Waals surface area contributed by atoms with Crippen LogP contribution in [0.4, 0.5) is 13.2 Å². The summed E-state index contributed by atoms with van der Waals surface area (Å²) in [7, 11) is 0. The Bertz CT molecular complexity index is 423. The fourth-order valence-electron chi connectivity index (χ4n) is 1.07. The molecule has 0 aliphatic heterocycles. The molecule has 0 aromatic heterocycles. The third-order valence-electron chi connectivity index (χ3n) is 1.75. The predicted octanol–water partition coefficient (Wildman–Crippen LogP) is 2.67. The molecule has 6 heteroatoms. The smallest absolute Gasteiger partial charge is 0.392 e. The molecule has 0 radical (unpaired) electrons. The number of hydrogen-bond donors (Lipinski definition) is 1. The van der Waals surface area contributed by atoms with Crippen molar-refractivity contribution in [3.63, 3.8) is 0 Å². The van der Waals surface area contributed by atoms with Crippen molar-refractivity contribution in [2.75, 3.05) is 0 Å². The van der Waals surface area contributed by atoms with Crippen LogP contribution in [0, 0.1) is 14.9 Å². The van der Waals surface area contributed by atoms with Gasteiger partial charge in [-0.3, -0.25) is 0 Å². The maximum Gasteiger partial charge on any atom is 0.417 e. The van der Waals surface area contributed by atoms with E-state index in [9.17, 15) is 13.2 Å². The molecule has 1 N–H and O–H groups in total. The molecule has 0 fully saturated rings. The molecular weight excluding hydrogens is 322 g/mol. The number of halogens is 4. The lowest BCUT2D eigenvalue weighted by molar-refractivity contribution is -0.138. The number of alkyl halides is 3. The second-order valence-corrected chi connectivity index (χ2v) is 3.84. The highest BCUT2D eigenvalue weighted by atomic mass is 127. The van der Waals surface area contributed by atoms with Crippen molar-refractivity contribution < 1.29 is 18.3 Å². The molecule has 15 heavy (non-hydrogen) atoms. The molecular formula is C9H5F3INO. The Morgan fingerprint density at radius 3 is 2.40 bits per heavy atom. The van der Waals surface area contributed by atoms with Gasteiger partial charge >= 0.3 is 6.18 Å². The minimum absolute atomic E-state index is 0.0680. The van der Waals surface area contributed by atoms with Crippen LogP contribution in [-0.4, -0.2) is 5.11 Å². The molecule has 0 atom stereocenters. The molecule has 1 aromatic carbocycles. The monoisotopic (exact) mass is 327 g/mol. The van der Waals surface area contributed by atoms with E-state index in [-0.39, 0.29) is 14.7 Å². The molecule has 1 aromatic rings. The number of hydrogen-bond acceptors (Lipinski definition) is 2. The molecule has 0 saturated carbocycles. The molecule has 0 heterocycles. The zero-order valence-corrected chi connectivity index (χ0v) is 9.43. The van der Waals surface area contributed by atoms with Gasteiger partial charge < -0.3 is 5.11 Å². The molecule has 0 bridgehead atoms. The first-order valence-electron chi connectivity index (χ1n) is 3.80. The van der Waals surface area contributed by atoms with Crippen LogP contribution >= 0.6 is 22.6 Å². The molecule has 0 saturated heterocycles. The van der Waals surface area contributed by atoms with E-state index in [1.807, 2.05) is 0 Å². The quantitative estimate of drug-likeness (QED) is 0.806. The summed E-state index contributed by atoms with van der Waals surface area (Å²) in [6.45, 7) is -0.517. The summed E-state index contributed by atoms with van der Waals surface area (Å²) in [4.78, 5) is 0. The van der Waals surface area contributed by atoms with E-state index in [1.165, 1.54) is 28.7 Å². The van der Waals surface area contributed by atoms with Crippen LogP contribution in [0.15, 0.2) is 12.1 Å². The first kappa shape index (κ1) is 12.3. The van der Waals surface area contributed by atoms with Gasteiger partial charge in [0, 0.05) is 3.57 Å². The largest absolute Gasteiger partial charge is 0.417 e. The first-order valence-corrected chi connectivity index (χ1v) is 4.88.